The minimum Gasteiger partial charge on any atom is -0.466 e. The molecule has 0 aliphatic rings. The van der Waals surface area contributed by atoms with Crippen molar-refractivity contribution in [3.8, 4) is 0 Å². The Hall–Kier alpha value is -0.870. The van der Waals surface area contributed by atoms with Crippen molar-refractivity contribution in [2.45, 2.75) is 20.3 Å². The Kier molecular flexibility index (Phi) is 8.72. The van der Waals surface area contributed by atoms with Gasteiger partial charge in [-0.15, -0.1) is 0 Å². The summed E-state index contributed by atoms with van der Waals surface area (Å²) < 4.78 is 4.66. The second kappa shape index (κ2) is 9.19. The van der Waals surface area contributed by atoms with Crippen LogP contribution in [0.15, 0.2) is 11.6 Å². The average molecular weight is 242 g/mol. The number of hydrogen-bond donors (Lipinski definition) is 0. The van der Waals surface area contributed by atoms with Crippen molar-refractivity contribution in [2.24, 2.45) is 0 Å². The highest BCUT2D eigenvalue weighted by Crippen LogP contribution is 1.99. The lowest BCUT2D eigenvalue weighted by Gasteiger charge is -2.19. The van der Waals surface area contributed by atoms with Crippen LogP contribution < -0.4 is 0 Å². The van der Waals surface area contributed by atoms with Crippen molar-refractivity contribution in [3.63, 3.8) is 0 Å². The van der Waals surface area contributed by atoms with Gasteiger partial charge in [0, 0.05) is 12.1 Å². The van der Waals surface area contributed by atoms with E-state index >= 15 is 0 Å². The van der Waals surface area contributed by atoms with Gasteiger partial charge in [-0.25, -0.2) is 4.79 Å². The number of nitrogens with zero attached hydrogens (tertiary/aromatic N) is 2. The SMILES string of the molecule is CCN(C/C=C(/C)C(=O)OC)CCCN(C)C. The van der Waals surface area contributed by atoms with Gasteiger partial charge in [0.15, 0.2) is 0 Å². The number of likely N-dealkylation sites (N-methyl/N-ethyl adjacent to an activating group) is 1. The minimum atomic E-state index is -0.241. The monoisotopic (exact) mass is 242 g/mol. The number of esters is 1. The van der Waals surface area contributed by atoms with Gasteiger partial charge in [0.25, 0.3) is 0 Å². The van der Waals surface area contributed by atoms with E-state index in [2.05, 4.69) is 35.6 Å². The molecule has 0 aromatic rings. The highest BCUT2D eigenvalue weighted by atomic mass is 16.5. The fraction of sp³-hybridized carbons (Fsp3) is 0.769. The third-order valence-electron chi connectivity index (χ3n) is 2.69. The van der Waals surface area contributed by atoms with E-state index in [-0.39, 0.29) is 5.97 Å². The lowest BCUT2D eigenvalue weighted by Crippen LogP contribution is -2.27. The van der Waals surface area contributed by atoms with Gasteiger partial charge in [-0.05, 0) is 47.1 Å². The summed E-state index contributed by atoms with van der Waals surface area (Å²) in [4.78, 5) is 15.7. The molecule has 0 saturated heterocycles. The molecule has 0 aliphatic heterocycles. The summed E-state index contributed by atoms with van der Waals surface area (Å²) in [5.41, 5.74) is 0.679. The van der Waals surface area contributed by atoms with Crippen LogP contribution in [0.5, 0.6) is 0 Å². The fourth-order valence-electron chi connectivity index (χ4n) is 1.50. The second-order valence-corrected chi connectivity index (χ2v) is 4.43. The zero-order valence-corrected chi connectivity index (χ0v) is 11.8. The van der Waals surface area contributed by atoms with E-state index in [1.54, 1.807) is 6.92 Å². The van der Waals surface area contributed by atoms with Crippen LogP contribution in [0.4, 0.5) is 0 Å². The molecule has 0 atom stereocenters. The van der Waals surface area contributed by atoms with Gasteiger partial charge in [-0.3, -0.25) is 4.90 Å². The Bertz CT molecular complexity index is 250. The second-order valence-electron chi connectivity index (χ2n) is 4.43. The normalized spacial score (nSPS) is 12.3. The predicted molar refractivity (Wildman–Crippen MR) is 71.1 cm³/mol. The Balaban J connectivity index is 4.00. The zero-order valence-electron chi connectivity index (χ0n) is 11.8. The van der Waals surface area contributed by atoms with Crippen LogP contribution in [0.2, 0.25) is 0 Å². The van der Waals surface area contributed by atoms with E-state index in [9.17, 15) is 4.79 Å². The standard InChI is InChI=1S/C13H26N2O2/c1-6-15(10-7-9-14(3)4)11-8-12(2)13(16)17-5/h8H,6-7,9-11H2,1-5H3/b12-8-. The van der Waals surface area contributed by atoms with Gasteiger partial charge >= 0.3 is 5.97 Å². The fourth-order valence-corrected chi connectivity index (χ4v) is 1.50. The van der Waals surface area contributed by atoms with E-state index in [0.717, 1.165) is 32.6 Å². The summed E-state index contributed by atoms with van der Waals surface area (Å²) in [5.74, 6) is -0.241. The first-order valence-electron chi connectivity index (χ1n) is 6.13. The lowest BCUT2D eigenvalue weighted by atomic mass is 10.2. The number of methoxy groups -OCH3 is 1. The van der Waals surface area contributed by atoms with Crippen molar-refractivity contribution in [2.75, 3.05) is 47.4 Å². The van der Waals surface area contributed by atoms with Crippen molar-refractivity contribution >= 4 is 5.97 Å². The molecule has 0 radical (unpaired) electrons. The van der Waals surface area contributed by atoms with Gasteiger partial charge < -0.3 is 9.64 Å². The van der Waals surface area contributed by atoms with Crippen LogP contribution in [-0.2, 0) is 9.53 Å². The molecule has 0 rings (SSSR count). The Morgan fingerprint density at radius 3 is 2.41 bits per heavy atom. The summed E-state index contributed by atoms with van der Waals surface area (Å²) in [6, 6.07) is 0. The zero-order chi connectivity index (χ0) is 13.3. The summed E-state index contributed by atoms with van der Waals surface area (Å²) in [6.07, 6.45) is 3.08. The highest BCUT2D eigenvalue weighted by Gasteiger charge is 2.05. The van der Waals surface area contributed by atoms with Crippen molar-refractivity contribution in [1.29, 1.82) is 0 Å². The maximum atomic E-state index is 11.2. The Labute approximate surface area is 105 Å². The molecule has 100 valence electrons. The number of carbonyl (C=O) groups is 1. The molecular weight excluding hydrogens is 216 g/mol. The molecule has 0 bridgehead atoms. The Morgan fingerprint density at radius 2 is 1.94 bits per heavy atom. The molecule has 4 heteroatoms. The maximum Gasteiger partial charge on any atom is 0.333 e. The molecule has 0 unspecified atom stereocenters. The topological polar surface area (TPSA) is 32.8 Å². The molecule has 0 aromatic heterocycles. The summed E-state index contributed by atoms with van der Waals surface area (Å²) in [5, 5.41) is 0. The molecule has 0 fully saturated rings. The van der Waals surface area contributed by atoms with Crippen LogP contribution >= 0.6 is 0 Å². The summed E-state index contributed by atoms with van der Waals surface area (Å²) in [7, 11) is 5.57. The molecule has 17 heavy (non-hydrogen) atoms. The first-order chi connectivity index (χ1) is 8.01. The maximum absolute atomic E-state index is 11.2. The minimum absolute atomic E-state index is 0.241. The van der Waals surface area contributed by atoms with E-state index < -0.39 is 0 Å². The Morgan fingerprint density at radius 1 is 1.29 bits per heavy atom. The van der Waals surface area contributed by atoms with Crippen LogP contribution in [0.25, 0.3) is 0 Å². The van der Waals surface area contributed by atoms with Crippen molar-refractivity contribution in [3.05, 3.63) is 11.6 Å². The molecule has 0 aliphatic carbocycles. The van der Waals surface area contributed by atoms with Gasteiger partial charge in [0.05, 0.1) is 7.11 Å². The van der Waals surface area contributed by atoms with Crippen LogP contribution in [0.3, 0.4) is 0 Å². The van der Waals surface area contributed by atoms with Crippen molar-refractivity contribution in [1.82, 2.24) is 9.80 Å². The molecular formula is C13H26N2O2. The first kappa shape index (κ1) is 16.1. The third kappa shape index (κ3) is 7.94. The van der Waals surface area contributed by atoms with Crippen LogP contribution in [0.1, 0.15) is 20.3 Å². The third-order valence-corrected chi connectivity index (χ3v) is 2.69. The van der Waals surface area contributed by atoms with Gasteiger partial charge in [0.2, 0.25) is 0 Å². The van der Waals surface area contributed by atoms with Crippen molar-refractivity contribution < 1.29 is 9.53 Å². The largest absolute Gasteiger partial charge is 0.466 e. The number of hydrogen-bond acceptors (Lipinski definition) is 4. The smallest absolute Gasteiger partial charge is 0.333 e. The van der Waals surface area contributed by atoms with Gasteiger partial charge in [-0.2, -0.15) is 0 Å². The molecule has 0 spiro atoms. The molecule has 0 heterocycles. The van der Waals surface area contributed by atoms with Gasteiger partial charge in [-0.1, -0.05) is 13.0 Å². The molecule has 0 amide bonds. The predicted octanol–water partition coefficient (Wildman–Crippen LogP) is 1.38. The first-order valence-corrected chi connectivity index (χ1v) is 6.13. The lowest BCUT2D eigenvalue weighted by molar-refractivity contribution is -0.136. The molecule has 4 nitrogen and oxygen atoms in total. The number of rotatable bonds is 8. The van der Waals surface area contributed by atoms with Crippen LogP contribution in [0, 0.1) is 0 Å². The average Bonchev–Trinajstić information content (AvgIpc) is 2.31. The number of carbonyl (C=O) groups excluding carboxylic acids is 1. The highest BCUT2D eigenvalue weighted by molar-refractivity contribution is 5.87. The molecule has 0 saturated carbocycles. The molecule has 0 N–H and O–H groups in total. The van der Waals surface area contributed by atoms with E-state index in [0.29, 0.717) is 5.57 Å². The molecule has 0 aromatic carbocycles. The van der Waals surface area contributed by atoms with E-state index in [4.69, 9.17) is 0 Å². The number of ether oxygens (including phenoxy) is 1. The summed E-state index contributed by atoms with van der Waals surface area (Å²) in [6.45, 7) is 7.88. The van der Waals surface area contributed by atoms with E-state index in [1.807, 2.05) is 6.08 Å². The quantitative estimate of drug-likeness (QED) is 0.475. The van der Waals surface area contributed by atoms with Crippen LogP contribution in [-0.4, -0.2) is 63.2 Å². The summed E-state index contributed by atoms with van der Waals surface area (Å²) >= 11 is 0. The van der Waals surface area contributed by atoms with Gasteiger partial charge in [0.1, 0.15) is 0 Å². The van der Waals surface area contributed by atoms with E-state index in [1.165, 1.54) is 7.11 Å².